The predicted octanol–water partition coefficient (Wildman–Crippen LogP) is 3.09. The Morgan fingerprint density at radius 3 is 2.00 bits per heavy atom. The molecule has 0 fully saturated rings. The highest BCUT2D eigenvalue weighted by atomic mass is 16.3. The quantitative estimate of drug-likeness (QED) is 0.660. The van der Waals surface area contributed by atoms with Crippen molar-refractivity contribution in [2.45, 2.75) is 13.8 Å². The van der Waals surface area contributed by atoms with Gasteiger partial charge >= 0.3 is 0 Å². The fraction of sp³-hybridized carbons (Fsp3) is 0.143. The van der Waals surface area contributed by atoms with Gasteiger partial charge in [-0.1, -0.05) is 12.1 Å². The van der Waals surface area contributed by atoms with Crippen LogP contribution >= 0.6 is 0 Å². The average molecular weight is 230 g/mol. The van der Waals surface area contributed by atoms with Crippen LogP contribution in [-0.4, -0.2) is 15.3 Å². The summed E-state index contributed by atoms with van der Waals surface area (Å²) in [5, 5.41) is 29.0. The zero-order chi connectivity index (χ0) is 12.6. The van der Waals surface area contributed by atoms with Crippen LogP contribution in [0.15, 0.2) is 30.3 Å². The molecule has 0 aliphatic carbocycles. The van der Waals surface area contributed by atoms with Gasteiger partial charge in [0.25, 0.3) is 0 Å². The van der Waals surface area contributed by atoms with Gasteiger partial charge in [-0.2, -0.15) is 0 Å². The Kier molecular flexibility index (Phi) is 2.68. The lowest BCUT2D eigenvalue weighted by Gasteiger charge is -2.11. The Labute approximate surface area is 99.6 Å². The van der Waals surface area contributed by atoms with Gasteiger partial charge in [0.15, 0.2) is 0 Å². The number of phenols is 3. The van der Waals surface area contributed by atoms with Gasteiger partial charge in [0, 0.05) is 5.56 Å². The molecular formula is C14H14O3. The van der Waals surface area contributed by atoms with Crippen molar-refractivity contribution < 1.29 is 15.3 Å². The normalized spacial score (nSPS) is 10.5. The minimum Gasteiger partial charge on any atom is -0.508 e. The van der Waals surface area contributed by atoms with Crippen molar-refractivity contribution in [1.29, 1.82) is 0 Å². The number of rotatable bonds is 1. The van der Waals surface area contributed by atoms with Crippen LogP contribution in [0.2, 0.25) is 0 Å². The number of hydrogen-bond acceptors (Lipinski definition) is 3. The Hall–Kier alpha value is -2.16. The molecule has 0 aliphatic rings. The maximum Gasteiger partial charge on any atom is 0.126 e. The lowest BCUT2D eigenvalue weighted by molar-refractivity contribution is 0.455. The lowest BCUT2D eigenvalue weighted by Crippen LogP contribution is -1.87. The van der Waals surface area contributed by atoms with E-state index < -0.39 is 0 Å². The van der Waals surface area contributed by atoms with Gasteiger partial charge in [0.1, 0.15) is 17.2 Å². The summed E-state index contributed by atoms with van der Waals surface area (Å²) in [6, 6.07) is 8.00. The molecule has 0 bridgehead atoms. The zero-order valence-electron chi connectivity index (χ0n) is 9.73. The second-order valence-corrected chi connectivity index (χ2v) is 4.09. The molecule has 0 spiro atoms. The van der Waals surface area contributed by atoms with Gasteiger partial charge in [-0.15, -0.1) is 0 Å². The minimum atomic E-state index is 0.156. The van der Waals surface area contributed by atoms with Crippen molar-refractivity contribution in [1.82, 2.24) is 0 Å². The van der Waals surface area contributed by atoms with E-state index in [0.717, 1.165) is 5.56 Å². The molecule has 2 aromatic carbocycles. The molecule has 0 aromatic heterocycles. The molecule has 2 rings (SSSR count). The third-order valence-electron chi connectivity index (χ3n) is 3.02. The van der Waals surface area contributed by atoms with E-state index in [1.165, 1.54) is 6.07 Å². The summed E-state index contributed by atoms with van der Waals surface area (Å²) in [6.45, 7) is 3.51. The first kappa shape index (κ1) is 11.3. The smallest absolute Gasteiger partial charge is 0.126 e. The Bertz CT molecular complexity index is 557. The number of aromatic hydroxyl groups is 3. The third kappa shape index (κ3) is 1.91. The van der Waals surface area contributed by atoms with E-state index in [1.807, 2.05) is 0 Å². The standard InChI is InChI=1S/C14H14O3/c1-8-9(2)14(17)12(7-13(8)16)10-3-5-11(15)6-4-10/h3-7,15-17H,1-2H3. The molecule has 2 aromatic rings. The monoisotopic (exact) mass is 230 g/mol. The molecule has 0 unspecified atom stereocenters. The SMILES string of the molecule is Cc1c(O)cc(-c2ccc(O)cc2)c(O)c1C. The zero-order valence-corrected chi connectivity index (χ0v) is 9.73. The summed E-state index contributed by atoms with van der Waals surface area (Å²) >= 11 is 0. The maximum atomic E-state index is 10.1. The molecule has 88 valence electrons. The topological polar surface area (TPSA) is 60.7 Å². The van der Waals surface area contributed by atoms with Crippen molar-refractivity contribution in [2.24, 2.45) is 0 Å². The Morgan fingerprint density at radius 1 is 0.824 bits per heavy atom. The minimum absolute atomic E-state index is 0.156. The highest BCUT2D eigenvalue weighted by Gasteiger charge is 2.12. The fourth-order valence-corrected chi connectivity index (χ4v) is 1.75. The van der Waals surface area contributed by atoms with Gasteiger partial charge in [-0.25, -0.2) is 0 Å². The fourth-order valence-electron chi connectivity index (χ4n) is 1.75. The molecule has 0 heterocycles. The summed E-state index contributed by atoms with van der Waals surface area (Å²) < 4.78 is 0. The van der Waals surface area contributed by atoms with Crippen LogP contribution in [-0.2, 0) is 0 Å². The van der Waals surface area contributed by atoms with E-state index in [9.17, 15) is 15.3 Å². The van der Waals surface area contributed by atoms with Crippen molar-refractivity contribution in [3.63, 3.8) is 0 Å². The van der Waals surface area contributed by atoms with E-state index >= 15 is 0 Å². The van der Waals surface area contributed by atoms with Gasteiger partial charge in [0.2, 0.25) is 0 Å². The highest BCUT2D eigenvalue weighted by Crippen LogP contribution is 2.38. The van der Waals surface area contributed by atoms with Crippen LogP contribution in [0.5, 0.6) is 17.2 Å². The molecular weight excluding hydrogens is 216 g/mol. The summed E-state index contributed by atoms with van der Waals surface area (Å²) in [5.74, 6) is 0.482. The highest BCUT2D eigenvalue weighted by molar-refractivity contribution is 5.75. The lowest BCUT2D eigenvalue weighted by atomic mass is 9.98. The average Bonchev–Trinajstić information content (AvgIpc) is 2.32. The second kappa shape index (κ2) is 4.01. The van der Waals surface area contributed by atoms with E-state index in [0.29, 0.717) is 16.7 Å². The predicted molar refractivity (Wildman–Crippen MR) is 66.3 cm³/mol. The van der Waals surface area contributed by atoms with Crippen LogP contribution < -0.4 is 0 Å². The maximum absolute atomic E-state index is 10.1. The van der Waals surface area contributed by atoms with Gasteiger partial charge in [-0.3, -0.25) is 0 Å². The van der Waals surface area contributed by atoms with E-state index in [4.69, 9.17) is 0 Å². The molecule has 17 heavy (non-hydrogen) atoms. The molecule has 0 amide bonds. The molecule has 3 heteroatoms. The summed E-state index contributed by atoms with van der Waals surface area (Å²) in [5.41, 5.74) is 2.64. The molecule has 0 aliphatic heterocycles. The van der Waals surface area contributed by atoms with Crippen molar-refractivity contribution in [2.75, 3.05) is 0 Å². The molecule has 3 N–H and O–H groups in total. The first-order valence-electron chi connectivity index (χ1n) is 5.32. The summed E-state index contributed by atoms with van der Waals surface area (Å²) in [7, 11) is 0. The second-order valence-electron chi connectivity index (χ2n) is 4.09. The third-order valence-corrected chi connectivity index (χ3v) is 3.02. The van der Waals surface area contributed by atoms with E-state index in [1.54, 1.807) is 38.1 Å². The molecule has 0 saturated heterocycles. The number of benzene rings is 2. The summed E-state index contributed by atoms with van der Waals surface area (Å²) in [6.07, 6.45) is 0. The van der Waals surface area contributed by atoms with Crippen molar-refractivity contribution >= 4 is 0 Å². The molecule has 3 nitrogen and oxygen atoms in total. The number of phenolic OH excluding ortho intramolecular Hbond substituents is 3. The van der Waals surface area contributed by atoms with Crippen LogP contribution in [0.3, 0.4) is 0 Å². The van der Waals surface area contributed by atoms with Crippen molar-refractivity contribution in [3.05, 3.63) is 41.5 Å². The largest absolute Gasteiger partial charge is 0.508 e. The van der Waals surface area contributed by atoms with Gasteiger partial charge in [0.05, 0.1) is 0 Å². The molecule has 0 saturated carbocycles. The molecule has 0 radical (unpaired) electrons. The van der Waals surface area contributed by atoms with Crippen LogP contribution in [0.25, 0.3) is 11.1 Å². The van der Waals surface area contributed by atoms with E-state index in [-0.39, 0.29) is 17.2 Å². The first-order chi connectivity index (χ1) is 8.00. The van der Waals surface area contributed by atoms with Crippen LogP contribution in [0, 0.1) is 13.8 Å². The van der Waals surface area contributed by atoms with Crippen LogP contribution in [0.1, 0.15) is 11.1 Å². The Morgan fingerprint density at radius 2 is 1.41 bits per heavy atom. The van der Waals surface area contributed by atoms with Crippen LogP contribution in [0.4, 0.5) is 0 Å². The molecule has 0 atom stereocenters. The summed E-state index contributed by atoms with van der Waals surface area (Å²) in [4.78, 5) is 0. The number of hydrogen-bond donors (Lipinski definition) is 3. The van der Waals surface area contributed by atoms with Gasteiger partial charge < -0.3 is 15.3 Å². The van der Waals surface area contributed by atoms with E-state index in [2.05, 4.69) is 0 Å². The Balaban J connectivity index is 2.64. The van der Waals surface area contributed by atoms with Crippen molar-refractivity contribution in [3.8, 4) is 28.4 Å². The first-order valence-corrected chi connectivity index (χ1v) is 5.32. The van der Waals surface area contributed by atoms with Gasteiger partial charge in [-0.05, 0) is 48.7 Å².